The molecule has 0 bridgehead atoms. The van der Waals surface area contributed by atoms with Gasteiger partial charge in [0.25, 0.3) is 0 Å². The Morgan fingerprint density at radius 1 is 1.23 bits per heavy atom. The van der Waals surface area contributed by atoms with Crippen molar-refractivity contribution in [3.63, 3.8) is 0 Å². The lowest BCUT2D eigenvalue weighted by atomic mass is 10.1. The zero-order valence-electron chi connectivity index (χ0n) is 13.3. The number of halogens is 1. The first kappa shape index (κ1) is 19.6. The summed E-state index contributed by atoms with van der Waals surface area (Å²) in [5, 5.41) is 18.3. The molecule has 0 saturated heterocycles. The minimum Gasteiger partial charge on any atom is -0.478 e. The van der Waals surface area contributed by atoms with Crippen LogP contribution >= 0.6 is 22.9 Å². The maximum absolute atomic E-state index is 11.2. The number of aromatic carboxylic acids is 1. The molecule has 0 fully saturated rings. The summed E-state index contributed by atoms with van der Waals surface area (Å²) in [4.78, 5) is 15.8. The van der Waals surface area contributed by atoms with E-state index in [2.05, 4.69) is 10.1 Å². The number of carboxylic acids is 1. The molecule has 7 heteroatoms. The first-order valence-electron chi connectivity index (χ1n) is 7.36. The molecule has 3 rings (SSSR count). The van der Waals surface area contributed by atoms with Gasteiger partial charge in [-0.2, -0.15) is 5.10 Å². The second kappa shape index (κ2) is 8.60. The average Bonchev–Trinajstić information content (AvgIpc) is 3.10. The summed E-state index contributed by atoms with van der Waals surface area (Å²) in [5.74, 6) is -0.986. The van der Waals surface area contributed by atoms with Gasteiger partial charge in [0.05, 0.1) is 17.5 Å². The van der Waals surface area contributed by atoms with Crippen LogP contribution in [0.25, 0.3) is 11.3 Å². The van der Waals surface area contributed by atoms with Gasteiger partial charge >= 0.3 is 5.97 Å². The standard InChI is InChI=1S/C18H14ClN3O2S.CH4/c1-22(20-10-12-6-2-3-7-13(12)17(23)24)18-21-16(11-25-18)14-8-4-5-9-15(14)19;/h2-11H,1H3,(H,23,24);1H4/b20-10+;. The van der Waals surface area contributed by atoms with E-state index in [1.165, 1.54) is 17.6 Å². The molecular formula is C19H18ClN3O2S. The molecule has 0 spiro atoms. The molecule has 2 aromatic carbocycles. The van der Waals surface area contributed by atoms with Gasteiger partial charge in [-0.05, 0) is 12.1 Å². The number of rotatable bonds is 5. The van der Waals surface area contributed by atoms with Gasteiger partial charge < -0.3 is 5.11 Å². The molecule has 3 aromatic rings. The quantitative estimate of drug-likeness (QED) is 0.478. The summed E-state index contributed by atoms with van der Waals surface area (Å²) >= 11 is 7.63. The number of hydrogen-bond acceptors (Lipinski definition) is 5. The molecule has 1 N–H and O–H groups in total. The Balaban J connectivity index is 0.00000243. The van der Waals surface area contributed by atoms with E-state index in [-0.39, 0.29) is 13.0 Å². The van der Waals surface area contributed by atoms with Gasteiger partial charge in [0.15, 0.2) is 0 Å². The summed E-state index contributed by atoms with van der Waals surface area (Å²) in [6.07, 6.45) is 1.51. The van der Waals surface area contributed by atoms with E-state index in [1.54, 1.807) is 36.3 Å². The maximum Gasteiger partial charge on any atom is 0.336 e. The van der Waals surface area contributed by atoms with Gasteiger partial charge in [0.1, 0.15) is 0 Å². The summed E-state index contributed by atoms with van der Waals surface area (Å²) in [6, 6.07) is 14.2. The predicted molar refractivity (Wildman–Crippen MR) is 109 cm³/mol. The Hall–Kier alpha value is -2.70. The number of carbonyl (C=O) groups is 1. The van der Waals surface area contributed by atoms with E-state index in [0.29, 0.717) is 15.7 Å². The molecule has 134 valence electrons. The minimum absolute atomic E-state index is 0. The van der Waals surface area contributed by atoms with Gasteiger partial charge in [-0.3, -0.25) is 0 Å². The van der Waals surface area contributed by atoms with Gasteiger partial charge in [-0.15, -0.1) is 11.3 Å². The summed E-state index contributed by atoms with van der Waals surface area (Å²) in [7, 11) is 1.76. The molecule has 0 radical (unpaired) electrons. The second-order valence-corrected chi connectivity index (χ2v) is 6.40. The number of anilines is 1. The summed E-state index contributed by atoms with van der Waals surface area (Å²) < 4.78 is 0. The van der Waals surface area contributed by atoms with Crippen LogP contribution in [0.15, 0.2) is 59.0 Å². The van der Waals surface area contributed by atoms with E-state index >= 15 is 0 Å². The lowest BCUT2D eigenvalue weighted by molar-refractivity contribution is 0.0697. The van der Waals surface area contributed by atoms with Crippen LogP contribution in [-0.2, 0) is 0 Å². The highest BCUT2D eigenvalue weighted by Crippen LogP contribution is 2.31. The third kappa shape index (κ3) is 4.28. The van der Waals surface area contributed by atoms with E-state index in [0.717, 1.165) is 11.3 Å². The molecule has 0 amide bonds. The Morgan fingerprint density at radius 2 is 1.92 bits per heavy atom. The molecule has 26 heavy (non-hydrogen) atoms. The zero-order chi connectivity index (χ0) is 17.8. The number of thiazole rings is 1. The number of nitrogens with zero attached hydrogens (tertiary/aromatic N) is 3. The first-order chi connectivity index (χ1) is 12.1. The van der Waals surface area contributed by atoms with Crippen molar-refractivity contribution in [2.24, 2.45) is 5.10 Å². The topological polar surface area (TPSA) is 65.8 Å². The highest BCUT2D eigenvalue weighted by molar-refractivity contribution is 7.14. The van der Waals surface area contributed by atoms with Crippen LogP contribution in [0.2, 0.25) is 5.02 Å². The van der Waals surface area contributed by atoms with Crippen molar-refractivity contribution in [2.75, 3.05) is 12.1 Å². The Morgan fingerprint density at radius 3 is 2.65 bits per heavy atom. The van der Waals surface area contributed by atoms with Crippen LogP contribution in [0.3, 0.4) is 0 Å². The average molecular weight is 388 g/mol. The lowest BCUT2D eigenvalue weighted by Gasteiger charge is -2.08. The van der Waals surface area contributed by atoms with Crippen LogP contribution in [0, 0.1) is 0 Å². The first-order valence-corrected chi connectivity index (χ1v) is 8.62. The monoisotopic (exact) mass is 387 g/mol. The number of aromatic nitrogens is 1. The van der Waals surface area contributed by atoms with E-state index in [9.17, 15) is 9.90 Å². The Bertz CT molecular complexity index is 940. The van der Waals surface area contributed by atoms with Crippen molar-refractivity contribution >= 4 is 40.3 Å². The maximum atomic E-state index is 11.2. The van der Waals surface area contributed by atoms with Crippen LogP contribution < -0.4 is 5.01 Å². The molecule has 1 heterocycles. The molecule has 0 aliphatic rings. The van der Waals surface area contributed by atoms with Crippen LogP contribution in [0.1, 0.15) is 23.3 Å². The molecule has 0 atom stereocenters. The van der Waals surface area contributed by atoms with Crippen LogP contribution in [0.5, 0.6) is 0 Å². The van der Waals surface area contributed by atoms with Crippen LogP contribution in [-0.4, -0.2) is 29.3 Å². The number of hydrazone groups is 1. The van der Waals surface area contributed by atoms with E-state index in [4.69, 9.17) is 11.6 Å². The third-order valence-electron chi connectivity index (χ3n) is 3.48. The number of carboxylic acid groups (broad SMARTS) is 1. The highest BCUT2D eigenvalue weighted by atomic mass is 35.5. The summed E-state index contributed by atoms with van der Waals surface area (Å²) in [6.45, 7) is 0. The predicted octanol–water partition coefficient (Wildman–Crippen LogP) is 5.27. The van der Waals surface area contributed by atoms with E-state index in [1.807, 2.05) is 29.6 Å². The van der Waals surface area contributed by atoms with Crippen LogP contribution in [0.4, 0.5) is 5.13 Å². The largest absolute Gasteiger partial charge is 0.478 e. The number of benzene rings is 2. The highest BCUT2D eigenvalue weighted by Gasteiger charge is 2.11. The van der Waals surface area contributed by atoms with E-state index < -0.39 is 5.97 Å². The smallest absolute Gasteiger partial charge is 0.336 e. The molecule has 0 aliphatic carbocycles. The third-order valence-corrected chi connectivity index (χ3v) is 4.72. The van der Waals surface area contributed by atoms with Gasteiger partial charge in [0, 0.05) is 28.6 Å². The molecule has 0 aliphatic heterocycles. The zero-order valence-corrected chi connectivity index (χ0v) is 14.8. The van der Waals surface area contributed by atoms with Crippen molar-refractivity contribution in [1.29, 1.82) is 0 Å². The van der Waals surface area contributed by atoms with Gasteiger partial charge in [0.2, 0.25) is 5.13 Å². The fourth-order valence-corrected chi connectivity index (χ4v) is 3.19. The fourth-order valence-electron chi connectivity index (χ4n) is 2.21. The normalized spacial score (nSPS) is 10.5. The van der Waals surface area contributed by atoms with Crippen molar-refractivity contribution in [2.45, 2.75) is 7.43 Å². The molecule has 0 saturated carbocycles. The lowest BCUT2D eigenvalue weighted by Crippen LogP contribution is -2.09. The molecule has 0 unspecified atom stereocenters. The number of hydrogen-bond donors (Lipinski definition) is 1. The van der Waals surface area contributed by atoms with Crippen molar-refractivity contribution in [1.82, 2.24) is 4.98 Å². The van der Waals surface area contributed by atoms with Gasteiger partial charge in [-0.25, -0.2) is 14.8 Å². The summed E-state index contributed by atoms with van der Waals surface area (Å²) in [5.41, 5.74) is 2.37. The molecule has 1 aromatic heterocycles. The SMILES string of the molecule is C.CN(/N=C/c1ccccc1C(=O)O)c1nc(-c2ccccc2Cl)cs1. The molecule has 5 nitrogen and oxygen atoms in total. The van der Waals surface area contributed by atoms with Crippen molar-refractivity contribution in [3.8, 4) is 11.3 Å². The Labute approximate surface area is 161 Å². The van der Waals surface area contributed by atoms with Crippen molar-refractivity contribution in [3.05, 3.63) is 70.1 Å². The fraction of sp³-hybridized carbons (Fsp3) is 0.105. The molecular weight excluding hydrogens is 370 g/mol. The van der Waals surface area contributed by atoms with Gasteiger partial charge in [-0.1, -0.05) is 55.4 Å². The van der Waals surface area contributed by atoms with Crippen molar-refractivity contribution < 1.29 is 9.90 Å². The second-order valence-electron chi connectivity index (χ2n) is 5.16. The Kier molecular flexibility index (Phi) is 6.49. The minimum atomic E-state index is -0.986.